The molecule has 0 N–H and O–H groups in total. The van der Waals surface area contributed by atoms with Crippen molar-refractivity contribution in [1.82, 2.24) is 0 Å². The first kappa shape index (κ1) is 18.1. The minimum atomic E-state index is -1.35. The van der Waals surface area contributed by atoms with Crippen LogP contribution in [0.2, 0.25) is 10.0 Å². The lowest BCUT2D eigenvalue weighted by atomic mass is 10.1. The van der Waals surface area contributed by atoms with Gasteiger partial charge in [-0.1, -0.05) is 39.1 Å². The number of carbonyl (C=O) groups is 1. The number of halogens is 3. The van der Waals surface area contributed by atoms with Crippen LogP contribution in [0.1, 0.15) is 5.56 Å². The maximum absolute atomic E-state index is 13.0. The summed E-state index contributed by atoms with van der Waals surface area (Å²) in [7, 11) is 0. The van der Waals surface area contributed by atoms with Gasteiger partial charge in [0.2, 0.25) is 0 Å². The minimum absolute atomic E-state index is 0.242. The van der Waals surface area contributed by atoms with E-state index in [1.165, 1.54) is 0 Å². The van der Waals surface area contributed by atoms with E-state index in [1.807, 2.05) is 18.2 Å². The monoisotopic (exact) mass is 457 g/mol. The molecule has 2 aliphatic heterocycles. The standard InChI is InChI=1S/C18H14BrCl2NO4/c19-11-1-3-15-13(9-11)18(25-7-8-26-18)17(23)22(15)5-6-24-16-4-2-12(20)10-14(16)21/h1-4,9-10H,5-8H2. The molecule has 2 heterocycles. The van der Waals surface area contributed by atoms with E-state index >= 15 is 0 Å². The molecule has 2 aliphatic rings. The van der Waals surface area contributed by atoms with Gasteiger partial charge in [0.25, 0.3) is 11.7 Å². The van der Waals surface area contributed by atoms with Crippen molar-refractivity contribution >= 4 is 50.7 Å². The van der Waals surface area contributed by atoms with Crippen LogP contribution in [0.5, 0.6) is 5.75 Å². The summed E-state index contributed by atoms with van der Waals surface area (Å²) in [6.07, 6.45) is 0. The Balaban J connectivity index is 1.54. The molecule has 1 amide bonds. The number of anilines is 1. The van der Waals surface area contributed by atoms with Crippen LogP contribution in [-0.4, -0.2) is 32.3 Å². The molecule has 4 rings (SSSR count). The molecule has 1 spiro atoms. The number of benzene rings is 2. The topological polar surface area (TPSA) is 48.0 Å². The van der Waals surface area contributed by atoms with Gasteiger partial charge in [0.1, 0.15) is 12.4 Å². The molecule has 1 fully saturated rings. The van der Waals surface area contributed by atoms with E-state index in [2.05, 4.69) is 15.9 Å². The van der Waals surface area contributed by atoms with Gasteiger partial charge in [-0.25, -0.2) is 0 Å². The molecule has 8 heteroatoms. The Morgan fingerprint density at radius 3 is 2.65 bits per heavy atom. The van der Waals surface area contributed by atoms with Gasteiger partial charge in [0, 0.05) is 15.1 Å². The third-order valence-electron chi connectivity index (χ3n) is 4.29. The van der Waals surface area contributed by atoms with Crippen LogP contribution in [0.3, 0.4) is 0 Å². The highest BCUT2D eigenvalue weighted by atomic mass is 79.9. The second-order valence-corrected chi connectivity index (χ2v) is 7.61. The first-order valence-corrected chi connectivity index (χ1v) is 9.54. The Kier molecular flexibility index (Phi) is 4.88. The van der Waals surface area contributed by atoms with E-state index in [1.54, 1.807) is 23.1 Å². The van der Waals surface area contributed by atoms with Gasteiger partial charge in [-0.05, 0) is 36.4 Å². The maximum atomic E-state index is 13.0. The molecule has 0 saturated carbocycles. The van der Waals surface area contributed by atoms with Crippen molar-refractivity contribution in [3.63, 3.8) is 0 Å². The predicted octanol–water partition coefficient (Wildman–Crippen LogP) is 4.38. The third-order valence-corrected chi connectivity index (χ3v) is 5.31. The molecule has 0 aromatic heterocycles. The number of rotatable bonds is 4. The van der Waals surface area contributed by atoms with Crippen molar-refractivity contribution in [3.8, 4) is 5.75 Å². The Hall–Kier alpha value is -1.31. The number of amides is 1. The average Bonchev–Trinajstić information content (AvgIpc) is 3.18. The smallest absolute Gasteiger partial charge is 0.292 e. The number of carbonyl (C=O) groups excluding carboxylic acids is 1. The molecule has 5 nitrogen and oxygen atoms in total. The van der Waals surface area contributed by atoms with Crippen molar-refractivity contribution in [2.45, 2.75) is 5.79 Å². The lowest BCUT2D eigenvalue weighted by molar-refractivity contribution is -0.180. The SMILES string of the molecule is O=C1N(CCOc2ccc(Cl)cc2Cl)c2ccc(Br)cc2C12OCCO2. The van der Waals surface area contributed by atoms with Crippen molar-refractivity contribution < 1.29 is 19.0 Å². The third kappa shape index (κ3) is 3.00. The van der Waals surface area contributed by atoms with Crippen molar-refractivity contribution in [2.24, 2.45) is 0 Å². The molecule has 26 heavy (non-hydrogen) atoms. The van der Waals surface area contributed by atoms with Crippen LogP contribution in [0.25, 0.3) is 0 Å². The molecular weight excluding hydrogens is 445 g/mol. The highest BCUT2D eigenvalue weighted by Gasteiger charge is 2.56. The fraction of sp³-hybridized carbons (Fsp3) is 0.278. The predicted molar refractivity (Wildman–Crippen MR) is 102 cm³/mol. The Bertz CT molecular complexity index is 870. The van der Waals surface area contributed by atoms with E-state index in [-0.39, 0.29) is 12.5 Å². The average molecular weight is 459 g/mol. The molecule has 0 radical (unpaired) electrons. The molecule has 2 aromatic rings. The summed E-state index contributed by atoms with van der Waals surface area (Å²) in [5, 5.41) is 0.961. The molecule has 0 atom stereocenters. The van der Waals surface area contributed by atoms with Crippen LogP contribution in [0.15, 0.2) is 40.9 Å². The van der Waals surface area contributed by atoms with Crippen LogP contribution in [0.4, 0.5) is 5.69 Å². The second-order valence-electron chi connectivity index (χ2n) is 5.85. The summed E-state index contributed by atoms with van der Waals surface area (Å²) in [5.74, 6) is -1.08. The van der Waals surface area contributed by atoms with Gasteiger partial charge >= 0.3 is 0 Å². The van der Waals surface area contributed by atoms with Gasteiger partial charge in [-0.2, -0.15) is 0 Å². The van der Waals surface area contributed by atoms with Crippen LogP contribution < -0.4 is 9.64 Å². The van der Waals surface area contributed by atoms with Crippen LogP contribution in [0, 0.1) is 0 Å². The summed E-state index contributed by atoms with van der Waals surface area (Å²) >= 11 is 15.4. The number of fused-ring (bicyclic) bond motifs is 2. The number of hydrogen-bond donors (Lipinski definition) is 0. The maximum Gasteiger partial charge on any atom is 0.292 e. The Morgan fingerprint density at radius 1 is 1.15 bits per heavy atom. The summed E-state index contributed by atoms with van der Waals surface area (Å²) in [5.41, 5.74) is 1.46. The quantitative estimate of drug-likeness (QED) is 0.682. The molecule has 2 aromatic carbocycles. The van der Waals surface area contributed by atoms with E-state index in [0.717, 1.165) is 10.2 Å². The van der Waals surface area contributed by atoms with Crippen molar-refractivity contribution in [2.75, 3.05) is 31.3 Å². The zero-order valence-electron chi connectivity index (χ0n) is 13.5. The highest BCUT2D eigenvalue weighted by molar-refractivity contribution is 9.10. The lowest BCUT2D eigenvalue weighted by Gasteiger charge is -2.22. The first-order valence-electron chi connectivity index (χ1n) is 7.99. The highest BCUT2D eigenvalue weighted by Crippen LogP contribution is 2.46. The van der Waals surface area contributed by atoms with Gasteiger partial charge in [-0.3, -0.25) is 4.79 Å². The van der Waals surface area contributed by atoms with Gasteiger partial charge in [-0.15, -0.1) is 0 Å². The van der Waals surface area contributed by atoms with Crippen molar-refractivity contribution in [3.05, 3.63) is 56.5 Å². The second kappa shape index (κ2) is 7.02. The largest absolute Gasteiger partial charge is 0.490 e. The normalized spacial score (nSPS) is 17.8. The molecule has 136 valence electrons. The molecular formula is C18H14BrCl2NO4. The van der Waals surface area contributed by atoms with Gasteiger partial charge in [0.05, 0.1) is 30.5 Å². The summed E-state index contributed by atoms with van der Waals surface area (Å²) in [4.78, 5) is 14.6. The fourth-order valence-electron chi connectivity index (χ4n) is 3.16. The van der Waals surface area contributed by atoms with E-state index in [4.69, 9.17) is 37.4 Å². The van der Waals surface area contributed by atoms with E-state index in [9.17, 15) is 4.79 Å². The number of ether oxygens (including phenoxy) is 3. The summed E-state index contributed by atoms with van der Waals surface area (Å²) in [6.45, 7) is 1.35. The van der Waals surface area contributed by atoms with E-state index in [0.29, 0.717) is 41.1 Å². The zero-order chi connectivity index (χ0) is 18.3. The molecule has 0 aliphatic carbocycles. The van der Waals surface area contributed by atoms with Crippen molar-refractivity contribution in [1.29, 1.82) is 0 Å². The first-order chi connectivity index (χ1) is 12.5. The van der Waals surface area contributed by atoms with Crippen LogP contribution >= 0.6 is 39.1 Å². The molecule has 0 unspecified atom stereocenters. The summed E-state index contributed by atoms with van der Waals surface area (Å²) < 4.78 is 18.0. The number of hydrogen-bond acceptors (Lipinski definition) is 4. The molecule has 1 saturated heterocycles. The summed E-state index contributed by atoms with van der Waals surface area (Å²) in [6, 6.07) is 10.6. The van der Waals surface area contributed by atoms with Gasteiger partial charge < -0.3 is 19.1 Å². The Labute approximate surface area is 168 Å². The van der Waals surface area contributed by atoms with Gasteiger partial charge in [0.15, 0.2) is 0 Å². The fourth-order valence-corrected chi connectivity index (χ4v) is 3.99. The van der Waals surface area contributed by atoms with E-state index < -0.39 is 5.79 Å². The van der Waals surface area contributed by atoms with Crippen LogP contribution in [-0.2, 0) is 20.1 Å². The number of nitrogens with zero attached hydrogens (tertiary/aromatic N) is 1. The molecule has 0 bridgehead atoms. The Morgan fingerprint density at radius 2 is 1.92 bits per heavy atom. The zero-order valence-corrected chi connectivity index (χ0v) is 16.6. The minimum Gasteiger partial charge on any atom is -0.490 e. The lowest BCUT2D eigenvalue weighted by Crippen LogP contribution is -2.42.